The number of alkyl halides is 3. The standard InChI is InChI=1S/C24H19F5N2O4/c1-2-23(34)8-19(32)35-10-14-15(23)7-18-21-13(9-31(18)22(14)33)12(3-4-24(27,28)29)20-16(26)5-11(25)6-17(20)30-21/h5-7,34H,2-4,8-10H2,1H3/t23-/m1/s1. The number of cyclic esters (lactones) is 1. The second-order valence-electron chi connectivity index (χ2n) is 8.85. The van der Waals surface area contributed by atoms with Crippen LogP contribution in [0.25, 0.3) is 22.3 Å². The fourth-order valence-corrected chi connectivity index (χ4v) is 4.96. The van der Waals surface area contributed by atoms with Gasteiger partial charge in [-0.15, -0.1) is 0 Å². The van der Waals surface area contributed by atoms with Crippen molar-refractivity contribution >= 4 is 16.9 Å². The Morgan fingerprint density at radius 1 is 1.17 bits per heavy atom. The van der Waals surface area contributed by atoms with Gasteiger partial charge in [-0.3, -0.25) is 9.59 Å². The first kappa shape index (κ1) is 23.4. The molecular formula is C24H19F5N2O4. The van der Waals surface area contributed by atoms with Crippen molar-refractivity contribution in [1.29, 1.82) is 0 Å². The van der Waals surface area contributed by atoms with Gasteiger partial charge in [0.25, 0.3) is 5.56 Å². The summed E-state index contributed by atoms with van der Waals surface area (Å²) >= 11 is 0. The lowest BCUT2D eigenvalue weighted by molar-refractivity contribution is -0.149. The second kappa shape index (κ2) is 7.84. The number of ether oxygens (including phenoxy) is 1. The quantitative estimate of drug-likeness (QED) is 0.340. The van der Waals surface area contributed by atoms with E-state index >= 15 is 0 Å². The van der Waals surface area contributed by atoms with Crippen molar-refractivity contribution in [2.45, 2.75) is 57.5 Å². The van der Waals surface area contributed by atoms with Gasteiger partial charge in [0.1, 0.15) is 23.8 Å². The maximum Gasteiger partial charge on any atom is 0.389 e. The number of aliphatic hydroxyl groups is 1. The van der Waals surface area contributed by atoms with Gasteiger partial charge >= 0.3 is 12.1 Å². The first-order valence-corrected chi connectivity index (χ1v) is 10.9. The molecule has 1 atom stereocenters. The number of pyridine rings is 2. The summed E-state index contributed by atoms with van der Waals surface area (Å²) in [6.45, 7) is 1.07. The number of benzene rings is 1. The second-order valence-corrected chi connectivity index (χ2v) is 8.85. The summed E-state index contributed by atoms with van der Waals surface area (Å²) in [5.74, 6) is -2.67. The number of carbonyl (C=O) groups is 1. The first-order valence-electron chi connectivity index (χ1n) is 10.9. The smallest absolute Gasteiger partial charge is 0.389 e. The molecule has 0 amide bonds. The maximum absolute atomic E-state index is 14.8. The molecule has 0 saturated heterocycles. The van der Waals surface area contributed by atoms with Gasteiger partial charge in [0.2, 0.25) is 0 Å². The van der Waals surface area contributed by atoms with Crippen molar-refractivity contribution in [3.63, 3.8) is 0 Å². The average Bonchev–Trinajstić information content (AvgIpc) is 3.07. The molecule has 2 aromatic heterocycles. The summed E-state index contributed by atoms with van der Waals surface area (Å²) in [7, 11) is 0. The molecule has 1 aromatic carbocycles. The summed E-state index contributed by atoms with van der Waals surface area (Å²) in [5, 5.41) is 10.9. The molecule has 0 saturated carbocycles. The Labute approximate surface area is 195 Å². The molecule has 35 heavy (non-hydrogen) atoms. The molecule has 2 aliphatic rings. The third kappa shape index (κ3) is 3.78. The minimum absolute atomic E-state index is 0.00435. The number of carbonyl (C=O) groups excluding carboxylic acids is 1. The van der Waals surface area contributed by atoms with Crippen LogP contribution in [0.15, 0.2) is 23.0 Å². The summed E-state index contributed by atoms with van der Waals surface area (Å²) in [6, 6.07) is 2.98. The van der Waals surface area contributed by atoms with Crippen LogP contribution in [-0.4, -0.2) is 26.8 Å². The molecule has 2 aliphatic heterocycles. The molecule has 4 heterocycles. The highest BCUT2D eigenvalue weighted by molar-refractivity contribution is 5.88. The Balaban J connectivity index is 1.79. The monoisotopic (exact) mass is 494 g/mol. The Bertz CT molecular complexity index is 1460. The SMILES string of the molecule is CC[C@@]1(O)CC(=O)OCc2c1cc1n(c2=O)Cc2c-1nc1cc(F)cc(F)c1c2CCC(F)(F)F. The van der Waals surface area contributed by atoms with Crippen molar-refractivity contribution in [3.8, 4) is 11.4 Å². The van der Waals surface area contributed by atoms with Gasteiger partial charge in [-0.2, -0.15) is 13.2 Å². The minimum Gasteiger partial charge on any atom is -0.460 e. The summed E-state index contributed by atoms with van der Waals surface area (Å²) in [6.07, 6.45) is -6.66. The molecule has 0 bridgehead atoms. The van der Waals surface area contributed by atoms with Gasteiger partial charge < -0.3 is 14.4 Å². The third-order valence-electron chi connectivity index (χ3n) is 6.74. The topological polar surface area (TPSA) is 81.4 Å². The van der Waals surface area contributed by atoms with Crippen LogP contribution in [0.1, 0.15) is 48.4 Å². The van der Waals surface area contributed by atoms with E-state index in [9.17, 15) is 36.6 Å². The van der Waals surface area contributed by atoms with Crippen LogP contribution in [0, 0.1) is 11.6 Å². The third-order valence-corrected chi connectivity index (χ3v) is 6.74. The molecule has 0 radical (unpaired) electrons. The number of nitrogens with zero attached hydrogens (tertiary/aromatic N) is 2. The van der Waals surface area contributed by atoms with E-state index in [1.807, 2.05) is 0 Å². The van der Waals surface area contributed by atoms with Crippen molar-refractivity contribution in [2.75, 3.05) is 0 Å². The number of aromatic nitrogens is 2. The number of halogens is 5. The van der Waals surface area contributed by atoms with Gasteiger partial charge in [-0.05, 0) is 30.0 Å². The highest BCUT2D eigenvalue weighted by atomic mass is 19.4. The van der Waals surface area contributed by atoms with Gasteiger partial charge in [0.05, 0.1) is 35.4 Å². The highest BCUT2D eigenvalue weighted by Crippen LogP contribution is 2.41. The molecule has 11 heteroatoms. The maximum atomic E-state index is 14.8. The van der Waals surface area contributed by atoms with E-state index in [4.69, 9.17) is 4.74 Å². The Morgan fingerprint density at radius 2 is 1.91 bits per heavy atom. The zero-order valence-electron chi connectivity index (χ0n) is 18.4. The summed E-state index contributed by atoms with van der Waals surface area (Å²) in [4.78, 5) is 29.8. The molecule has 0 aliphatic carbocycles. The average molecular weight is 494 g/mol. The lowest BCUT2D eigenvalue weighted by Crippen LogP contribution is -2.32. The van der Waals surface area contributed by atoms with E-state index in [0.717, 1.165) is 6.07 Å². The lowest BCUT2D eigenvalue weighted by atomic mass is 9.85. The van der Waals surface area contributed by atoms with Crippen LogP contribution in [0.5, 0.6) is 0 Å². The molecule has 6 nitrogen and oxygen atoms in total. The number of rotatable bonds is 3. The van der Waals surface area contributed by atoms with Crippen molar-refractivity contribution in [3.05, 3.63) is 62.4 Å². The van der Waals surface area contributed by atoms with Crippen molar-refractivity contribution in [2.24, 2.45) is 0 Å². The number of hydrogen-bond donors (Lipinski definition) is 1. The van der Waals surface area contributed by atoms with Gasteiger partial charge in [0.15, 0.2) is 0 Å². The lowest BCUT2D eigenvalue weighted by Gasteiger charge is -2.26. The van der Waals surface area contributed by atoms with Gasteiger partial charge in [-0.25, -0.2) is 13.8 Å². The molecule has 184 valence electrons. The molecule has 1 N–H and O–H groups in total. The fraction of sp³-hybridized carbons (Fsp3) is 0.375. The molecular weight excluding hydrogens is 475 g/mol. The largest absolute Gasteiger partial charge is 0.460 e. The Morgan fingerprint density at radius 3 is 2.60 bits per heavy atom. The van der Waals surface area contributed by atoms with E-state index in [1.165, 1.54) is 10.6 Å². The van der Waals surface area contributed by atoms with E-state index < -0.39 is 47.8 Å². The van der Waals surface area contributed by atoms with Crippen LogP contribution < -0.4 is 5.56 Å². The molecule has 0 fully saturated rings. The predicted octanol–water partition coefficient (Wildman–Crippen LogP) is 4.24. The van der Waals surface area contributed by atoms with Crippen LogP contribution in [0.4, 0.5) is 22.0 Å². The van der Waals surface area contributed by atoms with Crippen molar-refractivity contribution in [1.82, 2.24) is 9.55 Å². The molecule has 0 unspecified atom stereocenters. The summed E-state index contributed by atoms with van der Waals surface area (Å²) in [5.41, 5.74) is -1.76. The van der Waals surface area contributed by atoms with Crippen LogP contribution in [0.3, 0.4) is 0 Å². The molecule has 3 aromatic rings. The first-order chi connectivity index (χ1) is 16.4. The molecule has 0 spiro atoms. The fourth-order valence-electron chi connectivity index (χ4n) is 4.96. The number of hydrogen-bond acceptors (Lipinski definition) is 5. The van der Waals surface area contributed by atoms with E-state index in [-0.39, 0.29) is 70.5 Å². The summed E-state index contributed by atoms with van der Waals surface area (Å²) < 4.78 is 74.4. The Kier molecular flexibility index (Phi) is 5.24. The van der Waals surface area contributed by atoms with E-state index in [0.29, 0.717) is 6.07 Å². The van der Waals surface area contributed by atoms with E-state index in [1.54, 1.807) is 6.92 Å². The normalized spacial score (nSPS) is 19.2. The zero-order valence-corrected chi connectivity index (χ0v) is 18.4. The number of aryl methyl sites for hydroxylation is 1. The van der Waals surface area contributed by atoms with Crippen LogP contribution in [-0.2, 0) is 34.7 Å². The zero-order chi connectivity index (χ0) is 25.3. The number of esters is 1. The molecule has 5 rings (SSSR count). The highest BCUT2D eigenvalue weighted by Gasteiger charge is 2.40. The van der Waals surface area contributed by atoms with Crippen molar-refractivity contribution < 1.29 is 36.6 Å². The van der Waals surface area contributed by atoms with Gasteiger partial charge in [0, 0.05) is 29.5 Å². The minimum atomic E-state index is -4.53. The van der Waals surface area contributed by atoms with E-state index in [2.05, 4.69) is 4.98 Å². The van der Waals surface area contributed by atoms with Gasteiger partial charge in [-0.1, -0.05) is 6.92 Å². The number of fused-ring (bicyclic) bond motifs is 5. The predicted molar refractivity (Wildman–Crippen MR) is 113 cm³/mol. The van der Waals surface area contributed by atoms with Crippen LogP contribution >= 0.6 is 0 Å². The Hall–Kier alpha value is -3.34. The van der Waals surface area contributed by atoms with Crippen LogP contribution in [0.2, 0.25) is 0 Å².